The minimum absolute atomic E-state index is 0.240. The molecule has 0 radical (unpaired) electrons. The van der Waals surface area contributed by atoms with Gasteiger partial charge in [-0.15, -0.1) is 0 Å². The Hall–Kier alpha value is -1.49. The average molecular weight is 346 g/mol. The molecule has 2 aromatic rings. The predicted molar refractivity (Wildman–Crippen MR) is 84.1 cm³/mol. The zero-order valence-corrected chi connectivity index (χ0v) is 13.5. The van der Waals surface area contributed by atoms with Gasteiger partial charge in [0.15, 0.2) is 0 Å². The van der Waals surface area contributed by atoms with Crippen molar-refractivity contribution < 1.29 is 9.53 Å². The fourth-order valence-corrected chi connectivity index (χ4v) is 2.37. The van der Waals surface area contributed by atoms with Crippen LogP contribution in [0.4, 0.5) is 0 Å². The first-order valence-electron chi connectivity index (χ1n) is 5.92. The summed E-state index contributed by atoms with van der Waals surface area (Å²) >= 11 is 17.8. The first-order valence-corrected chi connectivity index (χ1v) is 7.06. The molecule has 0 aliphatic heterocycles. The van der Waals surface area contributed by atoms with Crippen molar-refractivity contribution in [3.05, 3.63) is 50.7 Å². The molecule has 1 aromatic carbocycles. The van der Waals surface area contributed by atoms with Crippen LogP contribution in [0.1, 0.15) is 11.3 Å². The summed E-state index contributed by atoms with van der Waals surface area (Å²) in [6.07, 6.45) is 2.82. The van der Waals surface area contributed by atoms with Crippen molar-refractivity contribution >= 4 is 46.8 Å². The second-order valence-corrected chi connectivity index (χ2v) is 5.44. The molecule has 110 valence electrons. The van der Waals surface area contributed by atoms with E-state index in [1.807, 2.05) is 0 Å². The van der Waals surface area contributed by atoms with E-state index in [1.54, 1.807) is 26.1 Å². The van der Waals surface area contributed by atoms with E-state index in [4.69, 9.17) is 39.5 Å². The number of aryl methyl sites for hydroxylation is 2. The van der Waals surface area contributed by atoms with Gasteiger partial charge in [0.25, 0.3) is 0 Å². The van der Waals surface area contributed by atoms with E-state index >= 15 is 0 Å². The van der Waals surface area contributed by atoms with Gasteiger partial charge in [-0.3, -0.25) is 4.68 Å². The van der Waals surface area contributed by atoms with Gasteiger partial charge in [-0.25, -0.2) is 4.79 Å². The van der Waals surface area contributed by atoms with E-state index in [-0.39, 0.29) is 10.8 Å². The molecule has 0 saturated carbocycles. The number of nitrogens with zero attached hydrogens (tertiary/aromatic N) is 2. The topological polar surface area (TPSA) is 44.1 Å². The van der Waals surface area contributed by atoms with Gasteiger partial charge in [0.1, 0.15) is 10.9 Å². The van der Waals surface area contributed by atoms with Gasteiger partial charge < -0.3 is 4.74 Å². The Morgan fingerprint density at radius 3 is 2.62 bits per heavy atom. The Labute approximate surface area is 136 Å². The van der Waals surface area contributed by atoms with Crippen molar-refractivity contribution in [3.8, 4) is 5.75 Å². The van der Waals surface area contributed by atoms with Crippen LogP contribution >= 0.6 is 34.8 Å². The van der Waals surface area contributed by atoms with Gasteiger partial charge >= 0.3 is 5.97 Å². The highest BCUT2D eigenvalue weighted by Gasteiger charge is 2.10. The van der Waals surface area contributed by atoms with Crippen LogP contribution in [0, 0.1) is 6.92 Å². The van der Waals surface area contributed by atoms with Crippen molar-refractivity contribution in [3.63, 3.8) is 0 Å². The molecule has 0 bridgehead atoms. The number of carbonyl (C=O) groups is 1. The Balaban J connectivity index is 2.13. The molecule has 0 N–H and O–H groups in total. The van der Waals surface area contributed by atoms with Crippen LogP contribution in [0.15, 0.2) is 24.3 Å². The zero-order chi connectivity index (χ0) is 15.6. The van der Waals surface area contributed by atoms with Crippen LogP contribution in [0.25, 0.3) is 6.08 Å². The van der Waals surface area contributed by atoms with Crippen LogP contribution in [-0.2, 0) is 11.8 Å². The summed E-state index contributed by atoms with van der Waals surface area (Å²) in [5.74, 6) is -0.330. The molecule has 2 rings (SSSR count). The average Bonchev–Trinajstić information content (AvgIpc) is 2.65. The van der Waals surface area contributed by atoms with E-state index in [1.165, 1.54) is 22.9 Å². The number of hydrogen-bond donors (Lipinski definition) is 0. The summed E-state index contributed by atoms with van der Waals surface area (Å²) in [6.45, 7) is 1.80. The Bertz CT molecular complexity index is 723. The predicted octanol–water partition coefficient (Wildman–Crippen LogP) is 4.31. The monoisotopic (exact) mass is 344 g/mol. The molecule has 1 aromatic heterocycles. The van der Waals surface area contributed by atoms with Crippen LogP contribution in [0.5, 0.6) is 5.75 Å². The third-order valence-electron chi connectivity index (χ3n) is 2.69. The van der Waals surface area contributed by atoms with E-state index in [0.717, 1.165) is 5.69 Å². The summed E-state index contributed by atoms with van der Waals surface area (Å²) in [6, 6.07) is 4.61. The second kappa shape index (κ2) is 6.52. The molecule has 21 heavy (non-hydrogen) atoms. The molecular formula is C14H11Cl3N2O2. The maximum absolute atomic E-state index is 11.8. The second-order valence-electron chi connectivity index (χ2n) is 4.24. The Morgan fingerprint density at radius 2 is 2.05 bits per heavy atom. The summed E-state index contributed by atoms with van der Waals surface area (Å²) in [5.41, 5.74) is 1.38. The van der Waals surface area contributed by atoms with Crippen LogP contribution in [0.3, 0.4) is 0 Å². The smallest absolute Gasteiger partial charge is 0.336 e. The van der Waals surface area contributed by atoms with Crippen LogP contribution in [0.2, 0.25) is 15.2 Å². The lowest BCUT2D eigenvalue weighted by Gasteiger charge is -2.03. The number of benzene rings is 1. The SMILES string of the molecule is Cc1nn(C)c(Cl)c1/C=C/C(=O)Oc1ccc(Cl)cc1Cl. The number of halogens is 3. The highest BCUT2D eigenvalue weighted by molar-refractivity contribution is 6.35. The lowest BCUT2D eigenvalue weighted by Crippen LogP contribution is -2.04. The van der Waals surface area contributed by atoms with Crippen molar-refractivity contribution in [2.24, 2.45) is 7.05 Å². The molecule has 0 aliphatic carbocycles. The summed E-state index contributed by atoms with van der Waals surface area (Å²) in [7, 11) is 1.72. The summed E-state index contributed by atoms with van der Waals surface area (Å²) in [5, 5.41) is 5.32. The molecule has 0 unspecified atom stereocenters. The molecule has 0 atom stereocenters. The first kappa shape index (κ1) is 15.9. The number of aromatic nitrogens is 2. The molecule has 4 nitrogen and oxygen atoms in total. The lowest BCUT2D eigenvalue weighted by molar-refractivity contribution is -0.128. The number of rotatable bonds is 3. The van der Waals surface area contributed by atoms with Gasteiger partial charge in [-0.05, 0) is 31.2 Å². The first-order chi connectivity index (χ1) is 9.88. The summed E-state index contributed by atoms with van der Waals surface area (Å²) in [4.78, 5) is 11.8. The third kappa shape index (κ3) is 3.79. The van der Waals surface area contributed by atoms with Gasteiger partial charge in [0, 0.05) is 23.7 Å². The molecular weight excluding hydrogens is 335 g/mol. The summed E-state index contributed by atoms with van der Waals surface area (Å²) < 4.78 is 6.65. The molecule has 0 saturated heterocycles. The van der Waals surface area contributed by atoms with Gasteiger partial charge in [0.05, 0.1) is 10.7 Å². The van der Waals surface area contributed by atoms with Gasteiger partial charge in [-0.1, -0.05) is 34.8 Å². The van der Waals surface area contributed by atoms with Crippen LogP contribution < -0.4 is 4.74 Å². The van der Waals surface area contributed by atoms with E-state index in [9.17, 15) is 4.79 Å². The van der Waals surface area contributed by atoms with E-state index < -0.39 is 5.97 Å². The normalized spacial score (nSPS) is 11.1. The highest BCUT2D eigenvalue weighted by Crippen LogP contribution is 2.27. The van der Waals surface area contributed by atoms with Crippen LogP contribution in [-0.4, -0.2) is 15.7 Å². The minimum Gasteiger partial charge on any atom is -0.422 e. The molecule has 0 spiro atoms. The quantitative estimate of drug-likeness (QED) is 0.473. The number of hydrogen-bond acceptors (Lipinski definition) is 3. The van der Waals surface area contributed by atoms with E-state index in [2.05, 4.69) is 5.10 Å². The number of ether oxygens (including phenoxy) is 1. The minimum atomic E-state index is -0.571. The van der Waals surface area contributed by atoms with Crippen molar-refractivity contribution in [2.75, 3.05) is 0 Å². The maximum atomic E-state index is 11.8. The van der Waals surface area contributed by atoms with Crippen molar-refractivity contribution in [2.45, 2.75) is 6.92 Å². The lowest BCUT2D eigenvalue weighted by atomic mass is 10.2. The fourth-order valence-electron chi connectivity index (χ4n) is 1.69. The molecule has 1 heterocycles. The third-order valence-corrected chi connectivity index (χ3v) is 3.67. The largest absolute Gasteiger partial charge is 0.422 e. The highest BCUT2D eigenvalue weighted by atomic mass is 35.5. The number of esters is 1. The van der Waals surface area contributed by atoms with Gasteiger partial charge in [0.2, 0.25) is 0 Å². The Kier molecular flexibility index (Phi) is 4.93. The maximum Gasteiger partial charge on any atom is 0.336 e. The number of carbonyl (C=O) groups excluding carboxylic acids is 1. The molecule has 0 amide bonds. The van der Waals surface area contributed by atoms with Crippen molar-refractivity contribution in [1.82, 2.24) is 9.78 Å². The Morgan fingerprint density at radius 1 is 1.33 bits per heavy atom. The molecule has 7 heteroatoms. The zero-order valence-electron chi connectivity index (χ0n) is 11.2. The van der Waals surface area contributed by atoms with E-state index in [0.29, 0.717) is 15.7 Å². The van der Waals surface area contributed by atoms with Gasteiger partial charge in [-0.2, -0.15) is 5.10 Å². The fraction of sp³-hybridized carbons (Fsp3) is 0.143. The standard InChI is InChI=1S/C14H11Cl3N2O2/c1-8-10(14(17)19(2)18-8)4-6-13(20)21-12-5-3-9(15)7-11(12)16/h3-7H,1-2H3/b6-4+. The molecule has 0 fully saturated rings. The van der Waals surface area contributed by atoms with Crippen molar-refractivity contribution in [1.29, 1.82) is 0 Å². The molecule has 0 aliphatic rings.